The average Bonchev–Trinajstić information content (AvgIpc) is 3.08. The summed E-state index contributed by atoms with van der Waals surface area (Å²) >= 11 is 0. The molecule has 0 saturated carbocycles. The molecule has 0 aromatic heterocycles. The van der Waals surface area contributed by atoms with E-state index in [1.165, 1.54) is 7.11 Å². The molecule has 0 aliphatic carbocycles. The average molecular weight is 363 g/mol. The molecule has 8 heteroatoms. The molecule has 142 valence electrons. The topological polar surface area (TPSA) is 89.1 Å². The molecule has 2 heterocycles. The van der Waals surface area contributed by atoms with Crippen LogP contribution in [-0.4, -0.2) is 56.8 Å². The van der Waals surface area contributed by atoms with E-state index in [4.69, 9.17) is 14.2 Å². The summed E-state index contributed by atoms with van der Waals surface area (Å²) < 4.78 is 16.0. The van der Waals surface area contributed by atoms with Crippen LogP contribution < -0.4 is 24.8 Å². The second-order valence-corrected chi connectivity index (χ2v) is 6.42. The smallest absolute Gasteiger partial charge is 0.238 e. The Bertz CT molecular complexity index is 679. The van der Waals surface area contributed by atoms with Crippen molar-refractivity contribution in [2.75, 3.05) is 45.4 Å². The molecule has 2 aliphatic rings. The van der Waals surface area contributed by atoms with Crippen molar-refractivity contribution in [2.24, 2.45) is 5.92 Å². The number of amides is 2. The molecule has 1 aromatic rings. The van der Waals surface area contributed by atoms with Crippen LogP contribution in [0.2, 0.25) is 0 Å². The summed E-state index contributed by atoms with van der Waals surface area (Å²) in [7, 11) is 1.54. The second-order valence-electron chi connectivity index (χ2n) is 6.42. The van der Waals surface area contributed by atoms with Crippen molar-refractivity contribution in [2.45, 2.75) is 19.8 Å². The lowest BCUT2D eigenvalue weighted by Gasteiger charge is -2.31. The van der Waals surface area contributed by atoms with Crippen molar-refractivity contribution in [3.63, 3.8) is 0 Å². The number of hydrogen-bond donors (Lipinski definition) is 2. The van der Waals surface area contributed by atoms with Crippen LogP contribution >= 0.6 is 0 Å². The Morgan fingerprint density at radius 1 is 1.31 bits per heavy atom. The van der Waals surface area contributed by atoms with Gasteiger partial charge < -0.3 is 24.8 Å². The van der Waals surface area contributed by atoms with Crippen LogP contribution in [-0.2, 0) is 9.59 Å². The molecule has 1 fully saturated rings. The molecular formula is C18H25N3O5. The molecular weight excluding hydrogens is 338 g/mol. The third-order valence-electron chi connectivity index (χ3n) is 4.56. The number of carbonyl (C=O) groups is 2. The van der Waals surface area contributed by atoms with Gasteiger partial charge in [0, 0.05) is 25.2 Å². The van der Waals surface area contributed by atoms with Gasteiger partial charge in [-0.1, -0.05) is 0 Å². The zero-order chi connectivity index (χ0) is 18.5. The third kappa shape index (κ3) is 4.19. The first-order valence-electron chi connectivity index (χ1n) is 8.88. The number of nitrogens with zero attached hydrogens (tertiary/aromatic N) is 1. The number of likely N-dealkylation sites (tertiary alicyclic amines) is 1. The summed E-state index contributed by atoms with van der Waals surface area (Å²) in [6.07, 6.45) is 1.77. The standard InChI is InChI=1S/C18H25N3O5/c1-3-19-18(23)12-5-4-6-21(9-12)10-17(22)20-13-7-15-16(26-11-25-15)8-14(13)24-2/h7-8,12H,3-6,9-11H2,1-2H3,(H,19,23)(H,20,22). The van der Waals surface area contributed by atoms with E-state index in [-0.39, 0.29) is 31.1 Å². The van der Waals surface area contributed by atoms with E-state index >= 15 is 0 Å². The number of carbonyl (C=O) groups excluding carboxylic acids is 2. The Balaban J connectivity index is 1.59. The predicted molar refractivity (Wildman–Crippen MR) is 95.6 cm³/mol. The van der Waals surface area contributed by atoms with Gasteiger partial charge in [-0.3, -0.25) is 14.5 Å². The molecule has 2 aliphatic heterocycles. The number of hydrogen-bond acceptors (Lipinski definition) is 6. The Kier molecular flexibility index (Phi) is 5.82. The van der Waals surface area contributed by atoms with Gasteiger partial charge in [0.1, 0.15) is 5.75 Å². The lowest BCUT2D eigenvalue weighted by molar-refractivity contribution is -0.127. The molecule has 8 nitrogen and oxygen atoms in total. The molecule has 1 unspecified atom stereocenters. The highest BCUT2D eigenvalue weighted by Gasteiger charge is 2.27. The van der Waals surface area contributed by atoms with Gasteiger partial charge in [-0.25, -0.2) is 0 Å². The van der Waals surface area contributed by atoms with Crippen molar-refractivity contribution in [1.82, 2.24) is 10.2 Å². The molecule has 1 atom stereocenters. The molecule has 26 heavy (non-hydrogen) atoms. The van der Waals surface area contributed by atoms with Gasteiger partial charge in [0.05, 0.1) is 25.3 Å². The highest BCUT2D eigenvalue weighted by Crippen LogP contribution is 2.40. The van der Waals surface area contributed by atoms with E-state index in [1.807, 2.05) is 11.8 Å². The van der Waals surface area contributed by atoms with Crippen LogP contribution in [0.15, 0.2) is 12.1 Å². The number of methoxy groups -OCH3 is 1. The number of ether oxygens (including phenoxy) is 3. The van der Waals surface area contributed by atoms with E-state index in [0.717, 1.165) is 19.4 Å². The van der Waals surface area contributed by atoms with E-state index < -0.39 is 0 Å². The van der Waals surface area contributed by atoms with Crippen molar-refractivity contribution in [3.05, 3.63) is 12.1 Å². The number of benzene rings is 1. The Morgan fingerprint density at radius 3 is 2.81 bits per heavy atom. The fraction of sp³-hybridized carbons (Fsp3) is 0.556. The minimum absolute atomic E-state index is 0.0587. The Hall–Kier alpha value is -2.48. The number of anilines is 1. The van der Waals surface area contributed by atoms with E-state index in [1.54, 1.807) is 12.1 Å². The molecule has 0 bridgehead atoms. The lowest BCUT2D eigenvalue weighted by Crippen LogP contribution is -2.45. The van der Waals surface area contributed by atoms with Gasteiger partial charge in [-0.2, -0.15) is 0 Å². The molecule has 1 aromatic carbocycles. The summed E-state index contributed by atoms with van der Waals surface area (Å²) in [4.78, 5) is 26.5. The van der Waals surface area contributed by atoms with Crippen LogP contribution in [0.4, 0.5) is 5.69 Å². The number of nitrogens with one attached hydrogen (secondary N) is 2. The summed E-state index contributed by atoms with van der Waals surface area (Å²) in [5, 5.41) is 5.73. The van der Waals surface area contributed by atoms with Crippen LogP contribution in [0.25, 0.3) is 0 Å². The zero-order valence-electron chi connectivity index (χ0n) is 15.2. The lowest BCUT2D eigenvalue weighted by atomic mass is 9.97. The van der Waals surface area contributed by atoms with Crippen LogP contribution in [0.3, 0.4) is 0 Å². The summed E-state index contributed by atoms with van der Waals surface area (Å²) in [6, 6.07) is 3.40. The van der Waals surface area contributed by atoms with Crippen molar-refractivity contribution in [1.29, 1.82) is 0 Å². The highest BCUT2D eigenvalue weighted by molar-refractivity contribution is 5.94. The SMILES string of the molecule is CCNC(=O)C1CCCN(CC(=O)Nc2cc3c(cc2OC)OCO3)C1. The minimum Gasteiger partial charge on any atom is -0.494 e. The van der Waals surface area contributed by atoms with E-state index in [9.17, 15) is 9.59 Å². The normalized spacial score (nSPS) is 19.1. The maximum atomic E-state index is 12.5. The molecule has 0 radical (unpaired) electrons. The first kappa shape index (κ1) is 18.3. The minimum atomic E-state index is -0.154. The summed E-state index contributed by atoms with van der Waals surface area (Å²) in [6.45, 7) is 4.32. The second kappa shape index (κ2) is 8.27. The number of piperidine rings is 1. The van der Waals surface area contributed by atoms with Gasteiger partial charge in [0.15, 0.2) is 11.5 Å². The van der Waals surface area contributed by atoms with Crippen molar-refractivity contribution < 1.29 is 23.8 Å². The number of fused-ring (bicyclic) bond motifs is 1. The van der Waals surface area contributed by atoms with Crippen LogP contribution in [0.5, 0.6) is 17.2 Å². The van der Waals surface area contributed by atoms with Gasteiger partial charge in [-0.05, 0) is 26.3 Å². The largest absolute Gasteiger partial charge is 0.494 e. The van der Waals surface area contributed by atoms with Crippen LogP contribution in [0, 0.1) is 5.92 Å². The molecule has 2 N–H and O–H groups in total. The quantitative estimate of drug-likeness (QED) is 0.790. The van der Waals surface area contributed by atoms with Gasteiger partial charge >= 0.3 is 0 Å². The summed E-state index contributed by atoms with van der Waals surface area (Å²) in [5.74, 6) is 1.54. The maximum absolute atomic E-state index is 12.5. The highest BCUT2D eigenvalue weighted by atomic mass is 16.7. The van der Waals surface area contributed by atoms with Gasteiger partial charge in [0.25, 0.3) is 0 Å². The van der Waals surface area contributed by atoms with Crippen molar-refractivity contribution >= 4 is 17.5 Å². The molecule has 3 rings (SSSR count). The monoisotopic (exact) mass is 363 g/mol. The van der Waals surface area contributed by atoms with Gasteiger partial charge in [-0.15, -0.1) is 0 Å². The van der Waals surface area contributed by atoms with Gasteiger partial charge in [0.2, 0.25) is 18.6 Å². The Morgan fingerprint density at radius 2 is 2.08 bits per heavy atom. The van der Waals surface area contributed by atoms with Crippen LogP contribution in [0.1, 0.15) is 19.8 Å². The number of rotatable bonds is 6. The Labute approximate surface area is 152 Å². The first-order valence-corrected chi connectivity index (χ1v) is 8.88. The fourth-order valence-corrected chi connectivity index (χ4v) is 3.31. The summed E-state index contributed by atoms with van der Waals surface area (Å²) in [5.41, 5.74) is 0.541. The third-order valence-corrected chi connectivity index (χ3v) is 4.56. The molecule has 0 spiro atoms. The van der Waals surface area contributed by atoms with Crippen molar-refractivity contribution in [3.8, 4) is 17.2 Å². The van der Waals surface area contributed by atoms with E-state index in [2.05, 4.69) is 10.6 Å². The van der Waals surface area contributed by atoms with E-state index in [0.29, 0.717) is 36.0 Å². The fourth-order valence-electron chi connectivity index (χ4n) is 3.31. The molecule has 1 saturated heterocycles. The predicted octanol–water partition coefficient (Wildman–Crippen LogP) is 1.21. The maximum Gasteiger partial charge on any atom is 0.238 e. The zero-order valence-corrected chi connectivity index (χ0v) is 15.2. The molecule has 2 amide bonds. The first-order chi connectivity index (χ1) is 12.6.